The molecule has 0 fully saturated rings. The minimum Gasteiger partial charge on any atom is -0.457 e. The molecule has 0 saturated heterocycles. The van der Waals surface area contributed by atoms with Crippen LogP contribution in [0.25, 0.3) is 0 Å². The van der Waals surface area contributed by atoms with E-state index in [9.17, 15) is 4.79 Å². The molecule has 1 aromatic rings. The largest absolute Gasteiger partial charge is 0.457 e. The molecule has 0 radical (unpaired) electrons. The van der Waals surface area contributed by atoms with Gasteiger partial charge in [-0.3, -0.25) is 4.98 Å². The lowest BCUT2D eigenvalue weighted by atomic mass is 10.2. The third-order valence-electron chi connectivity index (χ3n) is 2.10. The fourth-order valence-electron chi connectivity index (χ4n) is 0.964. The van der Waals surface area contributed by atoms with Crippen LogP contribution in [0.1, 0.15) is 25.1 Å². The minimum absolute atomic E-state index is 0.275. The summed E-state index contributed by atoms with van der Waals surface area (Å²) in [6.45, 7) is 5.73. The fourth-order valence-corrected chi connectivity index (χ4v) is 0.964. The molecule has 0 bridgehead atoms. The number of hydrogen-bond acceptors (Lipinski definition) is 3. The molecule has 0 unspecified atom stereocenters. The molecule has 0 N–H and O–H groups in total. The van der Waals surface area contributed by atoms with Crippen LogP contribution in [0.2, 0.25) is 0 Å². The number of nitrogens with zero attached hydrogens (tertiary/aromatic N) is 1. The van der Waals surface area contributed by atoms with Crippen molar-refractivity contribution in [1.82, 2.24) is 4.98 Å². The number of carbonyl (C=O) groups is 1. The van der Waals surface area contributed by atoms with Gasteiger partial charge in [-0.1, -0.05) is 12.1 Å². The van der Waals surface area contributed by atoms with Crippen LogP contribution in [0.3, 0.4) is 0 Å². The van der Waals surface area contributed by atoms with Crippen LogP contribution in [0.4, 0.5) is 0 Å². The van der Waals surface area contributed by atoms with Crippen LogP contribution >= 0.6 is 0 Å². The highest BCUT2D eigenvalue weighted by Crippen LogP contribution is 2.04. The van der Waals surface area contributed by atoms with Gasteiger partial charge in [-0.25, -0.2) is 4.79 Å². The second-order valence-electron chi connectivity index (χ2n) is 3.36. The molecule has 1 heterocycles. The smallest absolute Gasteiger partial charge is 0.333 e. The van der Waals surface area contributed by atoms with Gasteiger partial charge in [0.05, 0.1) is 0 Å². The second-order valence-corrected chi connectivity index (χ2v) is 3.36. The lowest BCUT2D eigenvalue weighted by Crippen LogP contribution is -2.05. The molecule has 1 rings (SSSR count). The van der Waals surface area contributed by atoms with Crippen molar-refractivity contribution < 1.29 is 9.53 Å². The van der Waals surface area contributed by atoms with E-state index in [1.54, 1.807) is 19.2 Å². The first-order valence-corrected chi connectivity index (χ1v) is 4.85. The van der Waals surface area contributed by atoms with E-state index in [0.29, 0.717) is 5.57 Å². The molecule has 80 valence electrons. The Labute approximate surface area is 89.8 Å². The number of esters is 1. The fraction of sp³-hybridized carbons (Fsp3) is 0.333. The maximum absolute atomic E-state index is 11.3. The van der Waals surface area contributed by atoms with Crippen molar-refractivity contribution in [3.05, 3.63) is 41.2 Å². The number of rotatable bonds is 3. The molecule has 3 nitrogen and oxygen atoms in total. The summed E-state index contributed by atoms with van der Waals surface area (Å²) in [6.07, 6.45) is 3.45. The SMILES string of the molecule is C/C=C(\C)C(=O)OCc1ccc(C)nc1. The standard InChI is InChI=1S/C12H15NO2/c1-4-9(2)12(14)15-8-11-6-5-10(3)13-7-11/h4-7H,8H2,1-3H3/b9-4+. The molecule has 15 heavy (non-hydrogen) atoms. The van der Waals surface area contributed by atoms with Gasteiger partial charge in [-0.05, 0) is 26.8 Å². The first-order chi connectivity index (χ1) is 7.13. The van der Waals surface area contributed by atoms with E-state index >= 15 is 0 Å². The van der Waals surface area contributed by atoms with E-state index < -0.39 is 0 Å². The molecule has 1 aromatic heterocycles. The van der Waals surface area contributed by atoms with Crippen LogP contribution in [0.5, 0.6) is 0 Å². The lowest BCUT2D eigenvalue weighted by Gasteiger charge is -2.04. The monoisotopic (exact) mass is 205 g/mol. The molecule has 0 aromatic carbocycles. The maximum Gasteiger partial charge on any atom is 0.333 e. The van der Waals surface area contributed by atoms with Crippen molar-refractivity contribution in [2.24, 2.45) is 0 Å². The number of aromatic nitrogens is 1. The predicted octanol–water partition coefficient (Wildman–Crippen LogP) is 2.40. The normalized spacial score (nSPS) is 11.3. The summed E-state index contributed by atoms with van der Waals surface area (Å²) in [7, 11) is 0. The molecule has 0 amide bonds. The van der Waals surface area contributed by atoms with Gasteiger partial charge in [0.2, 0.25) is 0 Å². The Bertz CT molecular complexity index is 366. The Morgan fingerprint density at radius 2 is 2.27 bits per heavy atom. The molecule has 0 aliphatic heterocycles. The van der Waals surface area contributed by atoms with Gasteiger partial charge in [-0.2, -0.15) is 0 Å². The highest BCUT2D eigenvalue weighted by Gasteiger charge is 2.04. The summed E-state index contributed by atoms with van der Waals surface area (Å²) in [4.78, 5) is 15.4. The van der Waals surface area contributed by atoms with Gasteiger partial charge in [0.15, 0.2) is 0 Å². The summed E-state index contributed by atoms with van der Waals surface area (Å²) in [5, 5.41) is 0. The average Bonchev–Trinajstić information content (AvgIpc) is 2.26. The Hall–Kier alpha value is -1.64. The molecule has 0 aliphatic rings. The number of aryl methyl sites for hydroxylation is 1. The number of carbonyl (C=O) groups excluding carboxylic acids is 1. The van der Waals surface area contributed by atoms with Gasteiger partial charge >= 0.3 is 5.97 Å². The van der Waals surface area contributed by atoms with E-state index in [-0.39, 0.29) is 12.6 Å². The van der Waals surface area contributed by atoms with Crippen LogP contribution in [-0.2, 0) is 16.1 Å². The number of pyridine rings is 1. The Kier molecular flexibility index (Phi) is 4.03. The van der Waals surface area contributed by atoms with E-state index in [4.69, 9.17) is 4.74 Å². The zero-order valence-electron chi connectivity index (χ0n) is 9.28. The van der Waals surface area contributed by atoms with Crippen molar-refractivity contribution in [2.45, 2.75) is 27.4 Å². The summed E-state index contributed by atoms with van der Waals surface area (Å²) in [5.74, 6) is -0.280. The highest BCUT2D eigenvalue weighted by molar-refractivity contribution is 5.87. The Balaban J connectivity index is 2.51. The number of hydrogen-bond donors (Lipinski definition) is 0. The van der Waals surface area contributed by atoms with Gasteiger partial charge in [0, 0.05) is 23.0 Å². The molecule has 0 atom stereocenters. The summed E-state index contributed by atoms with van der Waals surface area (Å²) in [6, 6.07) is 3.80. The third kappa shape index (κ3) is 3.54. The van der Waals surface area contributed by atoms with E-state index in [0.717, 1.165) is 11.3 Å². The molecule has 3 heteroatoms. The molecule has 0 spiro atoms. The zero-order valence-corrected chi connectivity index (χ0v) is 9.28. The topological polar surface area (TPSA) is 39.2 Å². The Morgan fingerprint density at radius 3 is 2.80 bits per heavy atom. The van der Waals surface area contributed by atoms with Crippen LogP contribution in [-0.4, -0.2) is 11.0 Å². The zero-order chi connectivity index (χ0) is 11.3. The summed E-state index contributed by atoms with van der Waals surface area (Å²) >= 11 is 0. The van der Waals surface area contributed by atoms with Crippen LogP contribution < -0.4 is 0 Å². The minimum atomic E-state index is -0.280. The molecular weight excluding hydrogens is 190 g/mol. The van der Waals surface area contributed by atoms with Gasteiger partial charge in [-0.15, -0.1) is 0 Å². The first-order valence-electron chi connectivity index (χ1n) is 4.85. The van der Waals surface area contributed by atoms with Crippen LogP contribution in [0.15, 0.2) is 30.0 Å². The molecular formula is C12H15NO2. The predicted molar refractivity (Wildman–Crippen MR) is 58.2 cm³/mol. The Morgan fingerprint density at radius 1 is 1.53 bits per heavy atom. The van der Waals surface area contributed by atoms with E-state index in [2.05, 4.69) is 4.98 Å². The van der Waals surface area contributed by atoms with Crippen molar-refractivity contribution >= 4 is 5.97 Å². The molecule has 0 aliphatic carbocycles. The quantitative estimate of drug-likeness (QED) is 0.562. The van der Waals surface area contributed by atoms with Crippen molar-refractivity contribution in [1.29, 1.82) is 0 Å². The van der Waals surface area contributed by atoms with Crippen LogP contribution in [0, 0.1) is 6.92 Å². The number of allylic oxidation sites excluding steroid dienone is 1. The second kappa shape index (κ2) is 5.29. The van der Waals surface area contributed by atoms with Gasteiger partial charge < -0.3 is 4.74 Å². The molecule has 0 saturated carbocycles. The summed E-state index contributed by atoms with van der Waals surface area (Å²) < 4.78 is 5.07. The van der Waals surface area contributed by atoms with Crippen molar-refractivity contribution in [3.63, 3.8) is 0 Å². The lowest BCUT2D eigenvalue weighted by molar-refractivity contribution is -0.140. The highest BCUT2D eigenvalue weighted by atomic mass is 16.5. The van der Waals surface area contributed by atoms with Crippen molar-refractivity contribution in [2.75, 3.05) is 0 Å². The van der Waals surface area contributed by atoms with Gasteiger partial charge in [0.25, 0.3) is 0 Å². The van der Waals surface area contributed by atoms with E-state index in [1.165, 1.54) is 0 Å². The maximum atomic E-state index is 11.3. The van der Waals surface area contributed by atoms with Gasteiger partial charge in [0.1, 0.15) is 6.61 Å². The van der Waals surface area contributed by atoms with Crippen molar-refractivity contribution in [3.8, 4) is 0 Å². The first kappa shape index (κ1) is 11.4. The average molecular weight is 205 g/mol. The third-order valence-corrected chi connectivity index (χ3v) is 2.10. The summed E-state index contributed by atoms with van der Waals surface area (Å²) in [5.41, 5.74) is 2.47. The number of ether oxygens (including phenoxy) is 1. The van der Waals surface area contributed by atoms with E-state index in [1.807, 2.05) is 26.0 Å².